The zero-order valence-corrected chi connectivity index (χ0v) is 10.1. The standard InChI is InChI=1S/C9H11N3OS2/c1-5(4-10)14-9-12-6(2)7(15-9)3-8(11)13/h5H,3H2,1-2H3,(H2,11,13). The first-order valence-electron chi connectivity index (χ1n) is 4.33. The Morgan fingerprint density at radius 3 is 3.00 bits per heavy atom. The molecule has 1 aromatic rings. The lowest BCUT2D eigenvalue weighted by Gasteiger charge is -1.95. The largest absolute Gasteiger partial charge is 0.369 e. The molecule has 1 unspecified atom stereocenters. The van der Waals surface area contributed by atoms with Crippen LogP contribution in [0.3, 0.4) is 0 Å². The van der Waals surface area contributed by atoms with Crippen molar-refractivity contribution in [2.75, 3.05) is 0 Å². The Morgan fingerprint density at radius 1 is 1.80 bits per heavy atom. The molecule has 2 N–H and O–H groups in total. The summed E-state index contributed by atoms with van der Waals surface area (Å²) in [5, 5.41) is 8.52. The first kappa shape index (κ1) is 12.0. The van der Waals surface area contributed by atoms with Gasteiger partial charge >= 0.3 is 0 Å². The Kier molecular flexibility index (Phi) is 4.12. The van der Waals surface area contributed by atoms with Crippen LogP contribution in [-0.4, -0.2) is 16.1 Å². The van der Waals surface area contributed by atoms with E-state index in [4.69, 9.17) is 11.0 Å². The van der Waals surface area contributed by atoms with Crippen LogP contribution in [0.15, 0.2) is 4.34 Å². The number of nitrogens with two attached hydrogens (primary N) is 1. The molecule has 0 aromatic carbocycles. The summed E-state index contributed by atoms with van der Waals surface area (Å²) in [6, 6.07) is 2.12. The van der Waals surface area contributed by atoms with Crippen molar-refractivity contribution in [1.29, 1.82) is 5.26 Å². The van der Waals surface area contributed by atoms with E-state index >= 15 is 0 Å². The molecule has 1 atom stereocenters. The number of aromatic nitrogens is 1. The van der Waals surface area contributed by atoms with Gasteiger partial charge in [-0.2, -0.15) is 5.26 Å². The van der Waals surface area contributed by atoms with Gasteiger partial charge in [0.1, 0.15) is 0 Å². The predicted octanol–water partition coefficient (Wildman–Crippen LogP) is 1.48. The maximum atomic E-state index is 10.8. The highest BCUT2D eigenvalue weighted by atomic mass is 32.2. The van der Waals surface area contributed by atoms with Crippen LogP contribution in [0.5, 0.6) is 0 Å². The molecule has 80 valence electrons. The molecule has 0 radical (unpaired) electrons. The molecule has 0 spiro atoms. The Hall–Kier alpha value is -1.06. The summed E-state index contributed by atoms with van der Waals surface area (Å²) in [7, 11) is 0. The quantitative estimate of drug-likeness (QED) is 0.810. The number of primary amides is 1. The number of hydrogen-bond donors (Lipinski definition) is 1. The number of hydrogen-bond acceptors (Lipinski definition) is 5. The molecule has 6 heteroatoms. The van der Waals surface area contributed by atoms with E-state index in [1.807, 2.05) is 13.8 Å². The van der Waals surface area contributed by atoms with Crippen molar-refractivity contribution >= 4 is 29.0 Å². The van der Waals surface area contributed by atoms with Crippen molar-refractivity contribution in [2.24, 2.45) is 5.73 Å². The van der Waals surface area contributed by atoms with Crippen LogP contribution in [0, 0.1) is 18.3 Å². The van der Waals surface area contributed by atoms with E-state index in [-0.39, 0.29) is 17.6 Å². The van der Waals surface area contributed by atoms with E-state index in [0.717, 1.165) is 14.9 Å². The van der Waals surface area contributed by atoms with Crippen molar-refractivity contribution in [3.8, 4) is 6.07 Å². The van der Waals surface area contributed by atoms with Crippen molar-refractivity contribution in [3.05, 3.63) is 10.6 Å². The third-order valence-electron chi connectivity index (χ3n) is 1.67. The zero-order chi connectivity index (χ0) is 11.4. The maximum Gasteiger partial charge on any atom is 0.222 e. The molecular weight excluding hydrogens is 230 g/mol. The number of amides is 1. The average molecular weight is 241 g/mol. The summed E-state index contributed by atoms with van der Waals surface area (Å²) in [4.78, 5) is 15.9. The Balaban J connectivity index is 2.77. The molecule has 0 saturated carbocycles. The Morgan fingerprint density at radius 2 is 2.47 bits per heavy atom. The topological polar surface area (TPSA) is 79.8 Å². The van der Waals surface area contributed by atoms with E-state index in [0.29, 0.717) is 0 Å². The van der Waals surface area contributed by atoms with E-state index in [1.165, 1.54) is 23.1 Å². The van der Waals surface area contributed by atoms with Gasteiger partial charge in [-0.05, 0) is 13.8 Å². The number of thioether (sulfide) groups is 1. The second-order valence-electron chi connectivity index (χ2n) is 3.02. The monoisotopic (exact) mass is 241 g/mol. The van der Waals surface area contributed by atoms with E-state index in [9.17, 15) is 4.79 Å². The van der Waals surface area contributed by atoms with Gasteiger partial charge in [-0.25, -0.2) is 4.98 Å². The third-order valence-corrected chi connectivity index (χ3v) is 3.91. The molecule has 0 fully saturated rings. The van der Waals surface area contributed by atoms with Gasteiger partial charge in [-0.15, -0.1) is 11.3 Å². The minimum absolute atomic E-state index is 0.128. The van der Waals surface area contributed by atoms with Gasteiger partial charge in [0.2, 0.25) is 5.91 Å². The lowest BCUT2D eigenvalue weighted by atomic mass is 10.3. The number of carbonyl (C=O) groups excluding carboxylic acids is 1. The third kappa shape index (κ3) is 3.53. The molecule has 0 bridgehead atoms. The molecule has 0 saturated heterocycles. The molecule has 4 nitrogen and oxygen atoms in total. The predicted molar refractivity (Wildman–Crippen MR) is 60.7 cm³/mol. The van der Waals surface area contributed by atoms with Gasteiger partial charge in [0.25, 0.3) is 0 Å². The molecule has 1 amide bonds. The molecule has 1 rings (SSSR count). The number of carbonyl (C=O) groups is 1. The van der Waals surface area contributed by atoms with Crippen LogP contribution in [0.1, 0.15) is 17.5 Å². The minimum Gasteiger partial charge on any atom is -0.369 e. The number of thiazole rings is 1. The van der Waals surface area contributed by atoms with Crippen molar-refractivity contribution in [2.45, 2.75) is 29.9 Å². The van der Waals surface area contributed by atoms with Gasteiger partial charge in [0.15, 0.2) is 4.34 Å². The van der Waals surface area contributed by atoms with Crippen LogP contribution in [0.25, 0.3) is 0 Å². The molecule has 1 aromatic heterocycles. The summed E-state index contributed by atoms with van der Waals surface area (Å²) in [6.45, 7) is 3.66. The lowest BCUT2D eigenvalue weighted by Crippen LogP contribution is -2.13. The average Bonchev–Trinajstić information content (AvgIpc) is 2.45. The van der Waals surface area contributed by atoms with Crippen molar-refractivity contribution in [3.63, 3.8) is 0 Å². The lowest BCUT2D eigenvalue weighted by molar-refractivity contribution is -0.117. The van der Waals surface area contributed by atoms with E-state index < -0.39 is 0 Å². The number of nitriles is 1. The van der Waals surface area contributed by atoms with Crippen LogP contribution in [0.2, 0.25) is 0 Å². The van der Waals surface area contributed by atoms with Crippen LogP contribution >= 0.6 is 23.1 Å². The number of aryl methyl sites for hydroxylation is 1. The van der Waals surface area contributed by atoms with Gasteiger partial charge in [0.05, 0.1) is 23.4 Å². The second kappa shape index (κ2) is 5.14. The van der Waals surface area contributed by atoms with Crippen LogP contribution < -0.4 is 5.73 Å². The molecule has 15 heavy (non-hydrogen) atoms. The molecule has 1 heterocycles. The fourth-order valence-electron chi connectivity index (χ4n) is 0.952. The van der Waals surface area contributed by atoms with Crippen molar-refractivity contribution < 1.29 is 4.79 Å². The summed E-state index contributed by atoms with van der Waals surface area (Å²) in [5.41, 5.74) is 5.94. The fraction of sp³-hybridized carbons (Fsp3) is 0.444. The Bertz CT molecular complexity index is 408. The first-order chi connectivity index (χ1) is 7.02. The molecular formula is C9H11N3OS2. The summed E-state index contributed by atoms with van der Waals surface area (Å²) in [5.74, 6) is -0.355. The zero-order valence-electron chi connectivity index (χ0n) is 8.48. The van der Waals surface area contributed by atoms with Crippen LogP contribution in [0.4, 0.5) is 0 Å². The Labute approximate surface area is 96.5 Å². The number of rotatable bonds is 4. The molecule has 0 aliphatic heterocycles. The fourth-order valence-corrected chi connectivity index (χ4v) is 3.22. The van der Waals surface area contributed by atoms with Crippen molar-refractivity contribution in [1.82, 2.24) is 4.98 Å². The SMILES string of the molecule is Cc1nc(SC(C)C#N)sc1CC(N)=O. The highest BCUT2D eigenvalue weighted by molar-refractivity contribution is 8.01. The van der Waals surface area contributed by atoms with Gasteiger partial charge in [-0.3, -0.25) is 4.79 Å². The van der Waals surface area contributed by atoms with E-state index in [1.54, 1.807) is 0 Å². The second-order valence-corrected chi connectivity index (χ2v) is 5.69. The smallest absolute Gasteiger partial charge is 0.222 e. The summed E-state index contributed by atoms with van der Waals surface area (Å²) >= 11 is 2.83. The number of nitrogens with zero attached hydrogens (tertiary/aromatic N) is 2. The van der Waals surface area contributed by atoms with Gasteiger partial charge in [0, 0.05) is 4.88 Å². The molecule has 0 aliphatic carbocycles. The minimum atomic E-state index is -0.355. The van der Waals surface area contributed by atoms with Crippen LogP contribution in [-0.2, 0) is 11.2 Å². The highest BCUT2D eigenvalue weighted by Crippen LogP contribution is 2.29. The summed E-state index contributed by atoms with van der Waals surface area (Å²) < 4.78 is 0.817. The summed E-state index contributed by atoms with van der Waals surface area (Å²) in [6.07, 6.45) is 0.227. The van der Waals surface area contributed by atoms with E-state index in [2.05, 4.69) is 11.1 Å². The maximum absolute atomic E-state index is 10.8. The van der Waals surface area contributed by atoms with Gasteiger partial charge < -0.3 is 5.73 Å². The normalized spacial score (nSPS) is 12.1. The first-order valence-corrected chi connectivity index (χ1v) is 6.03. The highest BCUT2D eigenvalue weighted by Gasteiger charge is 2.12. The van der Waals surface area contributed by atoms with Gasteiger partial charge in [-0.1, -0.05) is 11.8 Å². The molecule has 0 aliphatic rings.